The second kappa shape index (κ2) is 11.6. The van der Waals surface area contributed by atoms with Crippen LogP contribution >= 0.6 is 11.8 Å². The lowest BCUT2D eigenvalue weighted by molar-refractivity contribution is -0.113. The maximum Gasteiger partial charge on any atom is 0.234 e. The lowest BCUT2D eigenvalue weighted by atomic mass is 10.1. The number of carbonyl (C=O) groups excluding carboxylic acids is 1. The number of hydrogen-bond donors (Lipinski definition) is 1. The van der Waals surface area contributed by atoms with E-state index in [1.54, 1.807) is 0 Å². The number of anilines is 1. The van der Waals surface area contributed by atoms with Gasteiger partial charge in [0.05, 0.1) is 12.4 Å². The molecule has 8 heteroatoms. The summed E-state index contributed by atoms with van der Waals surface area (Å²) in [6.45, 7) is 6.81. The van der Waals surface area contributed by atoms with Crippen LogP contribution in [0, 0.1) is 13.8 Å². The van der Waals surface area contributed by atoms with Crippen molar-refractivity contribution in [2.24, 2.45) is 0 Å². The first-order valence-electron chi connectivity index (χ1n) is 11.4. The molecule has 0 saturated carbocycles. The summed E-state index contributed by atoms with van der Waals surface area (Å²) in [7, 11) is 0. The molecule has 7 nitrogen and oxygen atoms in total. The number of rotatable bonds is 10. The van der Waals surface area contributed by atoms with Crippen LogP contribution in [0.3, 0.4) is 0 Å². The van der Waals surface area contributed by atoms with E-state index >= 15 is 0 Å². The minimum atomic E-state index is -0.105. The third kappa shape index (κ3) is 6.22. The number of para-hydroxylation sites is 1. The Morgan fingerprint density at radius 3 is 2.40 bits per heavy atom. The maximum atomic E-state index is 12.7. The highest BCUT2D eigenvalue weighted by Crippen LogP contribution is 2.25. The highest BCUT2D eigenvalue weighted by molar-refractivity contribution is 7.99. The Morgan fingerprint density at radius 1 is 0.914 bits per heavy atom. The van der Waals surface area contributed by atoms with Gasteiger partial charge in [-0.25, -0.2) is 0 Å². The first-order chi connectivity index (χ1) is 17.0. The smallest absolute Gasteiger partial charge is 0.234 e. The number of nitrogens with zero attached hydrogens (tertiary/aromatic N) is 3. The molecule has 4 rings (SSSR count). The molecule has 1 aromatic heterocycles. The molecule has 0 bridgehead atoms. The molecule has 0 spiro atoms. The minimum absolute atomic E-state index is 0.105. The molecular formula is C27H28N4O3S. The van der Waals surface area contributed by atoms with E-state index in [4.69, 9.17) is 9.47 Å². The van der Waals surface area contributed by atoms with Crippen LogP contribution in [-0.4, -0.2) is 33.0 Å². The molecule has 0 aliphatic carbocycles. The van der Waals surface area contributed by atoms with E-state index in [1.165, 1.54) is 11.8 Å². The van der Waals surface area contributed by atoms with Crippen molar-refractivity contribution in [2.45, 2.75) is 32.5 Å². The summed E-state index contributed by atoms with van der Waals surface area (Å²) in [5.74, 6) is 2.26. The van der Waals surface area contributed by atoms with E-state index < -0.39 is 0 Å². The standard InChI is InChI=1S/C27H28N4O3S/c1-4-33-23-15-13-21(14-16-23)31-25(17-34-22-10-6-5-7-11-22)29-30-27(31)35-18-26(32)28-24-12-8-9-19(2)20(24)3/h5-16H,4,17-18H2,1-3H3,(H,28,32). The molecule has 35 heavy (non-hydrogen) atoms. The normalized spacial score (nSPS) is 10.7. The summed E-state index contributed by atoms with van der Waals surface area (Å²) in [6, 6.07) is 23.1. The molecule has 0 aliphatic heterocycles. The molecular weight excluding hydrogens is 460 g/mol. The zero-order valence-electron chi connectivity index (χ0n) is 20.0. The molecule has 0 unspecified atom stereocenters. The number of carbonyl (C=O) groups is 1. The Morgan fingerprint density at radius 2 is 1.66 bits per heavy atom. The van der Waals surface area contributed by atoms with Crippen LogP contribution in [-0.2, 0) is 11.4 Å². The van der Waals surface area contributed by atoms with Gasteiger partial charge in [-0.3, -0.25) is 9.36 Å². The fraction of sp³-hybridized carbons (Fsp3) is 0.222. The molecule has 1 N–H and O–H groups in total. The van der Waals surface area contributed by atoms with Gasteiger partial charge < -0.3 is 14.8 Å². The monoisotopic (exact) mass is 488 g/mol. The first kappa shape index (κ1) is 24.3. The molecule has 0 saturated heterocycles. The summed E-state index contributed by atoms with van der Waals surface area (Å²) < 4.78 is 13.4. The third-order valence-electron chi connectivity index (χ3n) is 5.43. The van der Waals surface area contributed by atoms with E-state index in [0.717, 1.165) is 34.0 Å². The predicted octanol–water partition coefficient (Wildman–Crippen LogP) is 5.59. The number of hydrogen-bond acceptors (Lipinski definition) is 6. The topological polar surface area (TPSA) is 78.3 Å². The molecule has 0 atom stereocenters. The Bertz CT molecular complexity index is 1270. The van der Waals surface area contributed by atoms with E-state index in [-0.39, 0.29) is 18.3 Å². The molecule has 0 aliphatic rings. The summed E-state index contributed by atoms with van der Waals surface area (Å²) in [4.78, 5) is 12.7. The van der Waals surface area contributed by atoms with Crippen molar-refractivity contribution in [3.63, 3.8) is 0 Å². The van der Waals surface area contributed by atoms with Crippen LogP contribution in [0.4, 0.5) is 5.69 Å². The maximum absolute atomic E-state index is 12.7. The van der Waals surface area contributed by atoms with Crippen molar-refractivity contribution in [3.05, 3.63) is 89.7 Å². The number of nitrogens with one attached hydrogen (secondary N) is 1. The van der Waals surface area contributed by atoms with Crippen LogP contribution < -0.4 is 14.8 Å². The zero-order valence-corrected chi connectivity index (χ0v) is 20.8. The fourth-order valence-corrected chi connectivity index (χ4v) is 4.24. The van der Waals surface area contributed by atoms with Crippen molar-refractivity contribution in [3.8, 4) is 17.2 Å². The van der Waals surface area contributed by atoms with Crippen molar-refractivity contribution >= 4 is 23.4 Å². The zero-order chi connectivity index (χ0) is 24.6. The Hall–Kier alpha value is -3.78. The summed E-state index contributed by atoms with van der Waals surface area (Å²) >= 11 is 1.33. The van der Waals surface area contributed by atoms with Gasteiger partial charge in [0.2, 0.25) is 5.91 Å². The van der Waals surface area contributed by atoms with Gasteiger partial charge in [0.15, 0.2) is 11.0 Å². The lowest BCUT2D eigenvalue weighted by Crippen LogP contribution is -2.15. The van der Waals surface area contributed by atoms with Gasteiger partial charge in [-0.1, -0.05) is 42.1 Å². The summed E-state index contributed by atoms with van der Waals surface area (Å²) in [6.07, 6.45) is 0. The molecule has 3 aromatic carbocycles. The molecule has 0 fully saturated rings. The average molecular weight is 489 g/mol. The minimum Gasteiger partial charge on any atom is -0.494 e. The van der Waals surface area contributed by atoms with E-state index in [0.29, 0.717) is 17.6 Å². The van der Waals surface area contributed by atoms with Gasteiger partial charge in [-0.15, -0.1) is 10.2 Å². The van der Waals surface area contributed by atoms with Crippen LogP contribution in [0.2, 0.25) is 0 Å². The van der Waals surface area contributed by atoms with Gasteiger partial charge in [-0.2, -0.15) is 0 Å². The summed E-state index contributed by atoms with van der Waals surface area (Å²) in [5.41, 5.74) is 3.88. The highest BCUT2D eigenvalue weighted by atomic mass is 32.2. The molecule has 0 radical (unpaired) electrons. The molecule has 1 amide bonds. The third-order valence-corrected chi connectivity index (χ3v) is 6.36. The molecule has 4 aromatic rings. The quantitative estimate of drug-likeness (QED) is 0.293. The molecule has 1 heterocycles. The predicted molar refractivity (Wildman–Crippen MR) is 139 cm³/mol. The van der Waals surface area contributed by atoms with Crippen LogP contribution in [0.15, 0.2) is 78.0 Å². The van der Waals surface area contributed by atoms with E-state index in [1.807, 2.05) is 98.1 Å². The SMILES string of the molecule is CCOc1ccc(-n2c(COc3ccccc3)nnc2SCC(=O)Nc2cccc(C)c2C)cc1. The van der Waals surface area contributed by atoms with Crippen LogP contribution in [0.25, 0.3) is 5.69 Å². The largest absolute Gasteiger partial charge is 0.494 e. The number of aryl methyl sites for hydroxylation is 1. The highest BCUT2D eigenvalue weighted by Gasteiger charge is 2.17. The Kier molecular flexibility index (Phi) is 8.05. The Balaban J connectivity index is 1.53. The Labute approximate surface area is 209 Å². The second-order valence-electron chi connectivity index (χ2n) is 7.85. The van der Waals surface area contributed by atoms with Crippen molar-refractivity contribution in [1.29, 1.82) is 0 Å². The van der Waals surface area contributed by atoms with Gasteiger partial charge in [0, 0.05) is 11.4 Å². The van der Waals surface area contributed by atoms with Crippen LogP contribution in [0.1, 0.15) is 23.9 Å². The van der Waals surface area contributed by atoms with Gasteiger partial charge in [-0.05, 0) is 74.4 Å². The van der Waals surface area contributed by atoms with Crippen LogP contribution in [0.5, 0.6) is 11.5 Å². The lowest BCUT2D eigenvalue weighted by Gasteiger charge is -2.13. The first-order valence-corrected chi connectivity index (χ1v) is 12.4. The number of thioether (sulfide) groups is 1. The van der Waals surface area contributed by atoms with Crippen molar-refractivity contribution in [1.82, 2.24) is 14.8 Å². The van der Waals surface area contributed by atoms with Crippen molar-refractivity contribution < 1.29 is 14.3 Å². The van der Waals surface area contributed by atoms with E-state index in [2.05, 4.69) is 15.5 Å². The van der Waals surface area contributed by atoms with Crippen molar-refractivity contribution in [2.75, 3.05) is 17.7 Å². The second-order valence-corrected chi connectivity index (χ2v) is 8.79. The van der Waals surface area contributed by atoms with E-state index in [9.17, 15) is 4.79 Å². The number of benzene rings is 3. The average Bonchev–Trinajstić information content (AvgIpc) is 3.28. The van der Waals surface area contributed by atoms with Gasteiger partial charge in [0.1, 0.15) is 18.1 Å². The number of aromatic nitrogens is 3. The number of ether oxygens (including phenoxy) is 2. The van der Waals surface area contributed by atoms with Gasteiger partial charge >= 0.3 is 0 Å². The fourth-order valence-electron chi connectivity index (χ4n) is 3.47. The van der Waals surface area contributed by atoms with Gasteiger partial charge in [0.25, 0.3) is 0 Å². The molecule has 180 valence electrons. The summed E-state index contributed by atoms with van der Waals surface area (Å²) in [5, 5.41) is 12.3. The number of amides is 1.